The second kappa shape index (κ2) is 5.09. The number of hydrogen-bond acceptors (Lipinski definition) is 4. The first-order chi connectivity index (χ1) is 9.02. The molecule has 0 spiro atoms. The molecule has 0 amide bonds. The summed E-state index contributed by atoms with van der Waals surface area (Å²) in [6, 6.07) is 0. The normalized spacial score (nSPS) is 11.0. The number of carboxylic acid groups (broad SMARTS) is 1. The van der Waals surface area contributed by atoms with Crippen molar-refractivity contribution in [1.82, 2.24) is 19.1 Å². The van der Waals surface area contributed by atoms with Crippen molar-refractivity contribution in [3.05, 3.63) is 27.2 Å². The zero-order valence-corrected chi connectivity index (χ0v) is 10.4. The predicted octanol–water partition coefficient (Wildman–Crippen LogP) is -0.322. The third kappa shape index (κ3) is 2.42. The summed E-state index contributed by atoms with van der Waals surface area (Å²) in [5.41, 5.74) is -0.275. The van der Waals surface area contributed by atoms with Gasteiger partial charge in [-0.3, -0.25) is 18.7 Å². The Labute approximate surface area is 107 Å². The van der Waals surface area contributed by atoms with Crippen molar-refractivity contribution in [3.8, 4) is 0 Å². The Bertz CT molecular complexity index is 724. The van der Waals surface area contributed by atoms with Gasteiger partial charge in [0, 0.05) is 20.0 Å². The average Bonchev–Trinajstić information content (AvgIpc) is 2.84. The number of unbranched alkanes of at least 4 members (excludes halogenated alkanes) is 1. The molecule has 0 aromatic carbocycles. The number of aromatic nitrogens is 4. The summed E-state index contributed by atoms with van der Waals surface area (Å²) in [7, 11) is 1.40. The molecule has 2 N–H and O–H groups in total. The Morgan fingerprint density at radius 2 is 2.16 bits per heavy atom. The molecule has 2 aromatic heterocycles. The number of aromatic amines is 1. The number of aliphatic carboxylic acids is 1. The van der Waals surface area contributed by atoms with Crippen molar-refractivity contribution in [2.24, 2.45) is 7.05 Å². The van der Waals surface area contributed by atoms with Crippen molar-refractivity contribution in [2.45, 2.75) is 25.8 Å². The highest BCUT2D eigenvalue weighted by Gasteiger charge is 2.12. The number of carbonyl (C=O) groups is 1. The molecule has 0 bridgehead atoms. The summed E-state index contributed by atoms with van der Waals surface area (Å²) < 4.78 is 2.40. The fourth-order valence-corrected chi connectivity index (χ4v) is 1.92. The van der Waals surface area contributed by atoms with E-state index in [1.54, 1.807) is 0 Å². The lowest BCUT2D eigenvalue weighted by molar-refractivity contribution is -0.137. The first kappa shape index (κ1) is 13.1. The van der Waals surface area contributed by atoms with Gasteiger partial charge in [0.15, 0.2) is 5.65 Å². The fourth-order valence-electron chi connectivity index (χ4n) is 1.92. The van der Waals surface area contributed by atoms with Gasteiger partial charge in [0.25, 0.3) is 5.56 Å². The Kier molecular flexibility index (Phi) is 3.50. The van der Waals surface area contributed by atoms with Gasteiger partial charge in [-0.1, -0.05) is 0 Å². The van der Waals surface area contributed by atoms with E-state index in [-0.39, 0.29) is 11.9 Å². The van der Waals surface area contributed by atoms with Crippen LogP contribution in [0.1, 0.15) is 19.3 Å². The van der Waals surface area contributed by atoms with E-state index in [0.717, 1.165) is 4.57 Å². The second-order valence-electron chi connectivity index (χ2n) is 4.25. The summed E-state index contributed by atoms with van der Waals surface area (Å²) in [6.45, 7) is 0.335. The van der Waals surface area contributed by atoms with Crippen LogP contribution in [0.25, 0.3) is 11.2 Å². The maximum absolute atomic E-state index is 12.0. The maximum atomic E-state index is 12.0. The summed E-state index contributed by atoms with van der Waals surface area (Å²) in [6.07, 6.45) is 2.42. The molecule has 2 aromatic rings. The lowest BCUT2D eigenvalue weighted by Gasteiger charge is -2.07. The van der Waals surface area contributed by atoms with E-state index in [1.165, 1.54) is 17.9 Å². The van der Waals surface area contributed by atoms with E-state index < -0.39 is 17.2 Å². The Morgan fingerprint density at radius 3 is 2.84 bits per heavy atom. The van der Waals surface area contributed by atoms with E-state index in [1.807, 2.05) is 0 Å². The molecule has 8 nitrogen and oxygen atoms in total. The number of hydrogen-bond donors (Lipinski definition) is 2. The van der Waals surface area contributed by atoms with Crippen molar-refractivity contribution >= 4 is 17.1 Å². The molecule has 0 atom stereocenters. The molecular weight excluding hydrogens is 252 g/mol. The zero-order valence-electron chi connectivity index (χ0n) is 10.4. The standard InChI is InChI=1S/C11H14N4O4/c1-14-10(18)8-9(13-6-12-8)15(11(14)19)5-3-2-4-7(16)17/h6H,2-5H2,1H3,(H,12,13)(H,16,17). The number of imidazole rings is 1. The number of carboxylic acids is 1. The van der Waals surface area contributed by atoms with Gasteiger partial charge in [0.2, 0.25) is 0 Å². The van der Waals surface area contributed by atoms with Crippen LogP contribution in [0.4, 0.5) is 0 Å². The van der Waals surface area contributed by atoms with Crippen LogP contribution >= 0.6 is 0 Å². The molecule has 0 radical (unpaired) electrons. The number of fused-ring (bicyclic) bond motifs is 1. The number of aryl methyl sites for hydroxylation is 1. The highest BCUT2D eigenvalue weighted by atomic mass is 16.4. The zero-order chi connectivity index (χ0) is 14.0. The van der Waals surface area contributed by atoms with Gasteiger partial charge in [0.1, 0.15) is 5.52 Å². The summed E-state index contributed by atoms with van der Waals surface area (Å²) in [5.74, 6) is -0.863. The minimum absolute atomic E-state index is 0.0597. The molecule has 0 aliphatic heterocycles. The third-order valence-electron chi connectivity index (χ3n) is 2.93. The van der Waals surface area contributed by atoms with Gasteiger partial charge < -0.3 is 10.1 Å². The minimum atomic E-state index is -0.863. The van der Waals surface area contributed by atoms with E-state index in [2.05, 4.69) is 9.97 Å². The van der Waals surface area contributed by atoms with Gasteiger partial charge in [-0.05, 0) is 12.8 Å². The van der Waals surface area contributed by atoms with Crippen molar-refractivity contribution in [2.75, 3.05) is 0 Å². The summed E-state index contributed by atoms with van der Waals surface area (Å²) in [5, 5.41) is 8.55. The Balaban J connectivity index is 2.32. The Hall–Kier alpha value is -2.38. The molecule has 0 fully saturated rings. The number of rotatable bonds is 5. The lowest BCUT2D eigenvalue weighted by atomic mass is 10.2. The van der Waals surface area contributed by atoms with Crippen LogP contribution in [0.15, 0.2) is 15.9 Å². The van der Waals surface area contributed by atoms with Gasteiger partial charge >= 0.3 is 11.7 Å². The van der Waals surface area contributed by atoms with E-state index in [9.17, 15) is 14.4 Å². The summed E-state index contributed by atoms with van der Waals surface area (Å²) in [4.78, 5) is 40.9. The highest BCUT2D eigenvalue weighted by molar-refractivity contribution is 5.68. The molecule has 2 rings (SSSR count). The summed E-state index contributed by atoms with van der Waals surface area (Å²) >= 11 is 0. The van der Waals surface area contributed by atoms with E-state index in [0.29, 0.717) is 25.0 Å². The quantitative estimate of drug-likeness (QED) is 0.720. The number of nitrogens with zero attached hydrogens (tertiary/aromatic N) is 3. The molecule has 0 aliphatic carbocycles. The van der Waals surface area contributed by atoms with Gasteiger partial charge in [0.05, 0.1) is 6.33 Å². The van der Waals surface area contributed by atoms with Crippen LogP contribution in [0.2, 0.25) is 0 Å². The smallest absolute Gasteiger partial charge is 0.332 e. The van der Waals surface area contributed by atoms with Crippen molar-refractivity contribution < 1.29 is 9.90 Å². The monoisotopic (exact) mass is 266 g/mol. The van der Waals surface area contributed by atoms with E-state index in [4.69, 9.17) is 5.11 Å². The van der Waals surface area contributed by atoms with Crippen LogP contribution in [0.5, 0.6) is 0 Å². The SMILES string of the molecule is Cn1c(=O)c2[nH]cnc2n(CCCCC(=O)O)c1=O. The van der Waals surface area contributed by atoms with E-state index >= 15 is 0 Å². The lowest BCUT2D eigenvalue weighted by Crippen LogP contribution is -2.38. The van der Waals surface area contributed by atoms with Crippen molar-refractivity contribution in [1.29, 1.82) is 0 Å². The highest BCUT2D eigenvalue weighted by Crippen LogP contribution is 2.04. The predicted molar refractivity (Wildman–Crippen MR) is 67.1 cm³/mol. The molecule has 0 saturated carbocycles. The molecule has 0 aliphatic rings. The van der Waals surface area contributed by atoms with Gasteiger partial charge in [-0.25, -0.2) is 9.78 Å². The van der Waals surface area contributed by atoms with Crippen LogP contribution in [-0.2, 0) is 18.4 Å². The molecular formula is C11H14N4O4. The van der Waals surface area contributed by atoms with Crippen LogP contribution in [0.3, 0.4) is 0 Å². The third-order valence-corrected chi connectivity index (χ3v) is 2.93. The van der Waals surface area contributed by atoms with Crippen LogP contribution in [0, 0.1) is 0 Å². The Morgan fingerprint density at radius 1 is 1.42 bits per heavy atom. The minimum Gasteiger partial charge on any atom is -0.481 e. The fraction of sp³-hybridized carbons (Fsp3) is 0.455. The topological polar surface area (TPSA) is 110 Å². The largest absolute Gasteiger partial charge is 0.481 e. The molecule has 102 valence electrons. The number of H-pyrrole nitrogens is 1. The maximum Gasteiger partial charge on any atom is 0.332 e. The molecule has 19 heavy (non-hydrogen) atoms. The van der Waals surface area contributed by atoms with Crippen molar-refractivity contribution in [3.63, 3.8) is 0 Å². The second-order valence-corrected chi connectivity index (χ2v) is 4.25. The number of nitrogens with one attached hydrogen (secondary N) is 1. The molecule has 2 heterocycles. The average molecular weight is 266 g/mol. The molecule has 0 saturated heterocycles. The molecule has 8 heteroatoms. The first-order valence-corrected chi connectivity index (χ1v) is 5.87. The van der Waals surface area contributed by atoms with Gasteiger partial charge in [-0.2, -0.15) is 0 Å². The molecule has 0 unspecified atom stereocenters. The van der Waals surface area contributed by atoms with Crippen LogP contribution < -0.4 is 11.2 Å². The van der Waals surface area contributed by atoms with Gasteiger partial charge in [-0.15, -0.1) is 0 Å². The van der Waals surface area contributed by atoms with Crippen LogP contribution in [-0.4, -0.2) is 30.2 Å². The first-order valence-electron chi connectivity index (χ1n) is 5.87.